The van der Waals surface area contributed by atoms with Crippen LogP contribution in [0.5, 0.6) is 0 Å². The van der Waals surface area contributed by atoms with Gasteiger partial charge in [-0.1, -0.05) is 130 Å². The van der Waals surface area contributed by atoms with Crippen LogP contribution in [0.2, 0.25) is 0 Å². The van der Waals surface area contributed by atoms with E-state index in [2.05, 4.69) is 25.7 Å². The van der Waals surface area contributed by atoms with Crippen molar-refractivity contribution in [3.8, 4) is 0 Å². The third kappa shape index (κ3) is 33.3. The molecule has 0 saturated heterocycles. The summed E-state index contributed by atoms with van der Waals surface area (Å²) in [6, 6.07) is 0. The van der Waals surface area contributed by atoms with Crippen molar-refractivity contribution in [3.63, 3.8) is 0 Å². The smallest absolute Gasteiger partial charge is 0.306 e. The maximum absolute atomic E-state index is 12.7. The predicted molar refractivity (Wildman–Crippen MR) is 201 cm³/mol. The van der Waals surface area contributed by atoms with Crippen molar-refractivity contribution < 1.29 is 29.3 Å². The van der Waals surface area contributed by atoms with Crippen LogP contribution in [0.3, 0.4) is 0 Å². The highest BCUT2D eigenvalue weighted by Gasteiger charge is 2.15. The second kappa shape index (κ2) is 37.1. The summed E-state index contributed by atoms with van der Waals surface area (Å²) in [7, 11) is 0. The van der Waals surface area contributed by atoms with Gasteiger partial charge in [-0.25, -0.2) is 0 Å². The lowest BCUT2D eigenvalue weighted by Crippen LogP contribution is -2.34. The monoisotopic (exact) mass is 684 g/mol. The van der Waals surface area contributed by atoms with Crippen LogP contribution >= 0.6 is 0 Å². The van der Waals surface area contributed by atoms with Crippen molar-refractivity contribution >= 4 is 11.9 Å². The van der Waals surface area contributed by atoms with Crippen LogP contribution in [0, 0.1) is 0 Å². The Morgan fingerprint density at radius 2 is 1.00 bits per heavy atom. The number of nitrogens with zero attached hydrogens (tertiary/aromatic N) is 1. The van der Waals surface area contributed by atoms with Gasteiger partial charge >= 0.3 is 11.9 Å². The topological polar surface area (TPSA) is 96.3 Å². The van der Waals surface area contributed by atoms with Crippen LogP contribution in [-0.2, 0) is 19.1 Å². The molecule has 0 spiro atoms. The Morgan fingerprint density at radius 1 is 0.542 bits per heavy atom. The summed E-state index contributed by atoms with van der Waals surface area (Å²) in [5, 5.41) is 20.1. The minimum Gasteiger partial charge on any atom is -0.466 e. The lowest BCUT2D eigenvalue weighted by atomic mass is 10.0. The lowest BCUT2D eigenvalue weighted by molar-refractivity contribution is -0.150. The summed E-state index contributed by atoms with van der Waals surface area (Å²) in [4.78, 5) is 26.8. The molecular weight excluding hydrogens is 602 g/mol. The van der Waals surface area contributed by atoms with Gasteiger partial charge in [0.1, 0.15) is 6.10 Å². The van der Waals surface area contributed by atoms with Crippen molar-refractivity contribution in [1.82, 2.24) is 4.90 Å². The van der Waals surface area contributed by atoms with Crippen LogP contribution in [0.25, 0.3) is 0 Å². The summed E-state index contributed by atoms with van der Waals surface area (Å²) in [6.07, 6.45) is 30.3. The van der Waals surface area contributed by atoms with Crippen molar-refractivity contribution in [3.05, 3.63) is 0 Å². The molecule has 0 aromatic heterocycles. The van der Waals surface area contributed by atoms with Gasteiger partial charge in [-0.05, 0) is 70.8 Å². The number of hydrogen-bond acceptors (Lipinski definition) is 7. The number of hydrogen-bond donors (Lipinski definition) is 2. The van der Waals surface area contributed by atoms with Gasteiger partial charge in [0.2, 0.25) is 0 Å². The van der Waals surface area contributed by atoms with Crippen molar-refractivity contribution in [2.75, 3.05) is 32.8 Å². The van der Waals surface area contributed by atoms with E-state index >= 15 is 0 Å². The number of unbranched alkanes of at least 4 members (excludes halogenated alkanes) is 18. The fourth-order valence-corrected chi connectivity index (χ4v) is 6.36. The summed E-state index contributed by atoms with van der Waals surface area (Å²) in [5.41, 5.74) is 0. The van der Waals surface area contributed by atoms with E-state index in [1.165, 1.54) is 64.2 Å². The first-order valence-corrected chi connectivity index (χ1v) is 20.8. The third-order valence-electron chi connectivity index (χ3n) is 9.44. The molecule has 0 aliphatic rings. The largest absolute Gasteiger partial charge is 0.466 e. The van der Waals surface area contributed by atoms with E-state index in [4.69, 9.17) is 9.47 Å². The number of rotatable bonds is 38. The Labute approximate surface area is 297 Å². The molecule has 0 aliphatic carbocycles. The molecule has 0 saturated carbocycles. The number of aliphatic hydroxyl groups is 2. The molecule has 0 fully saturated rings. The van der Waals surface area contributed by atoms with Gasteiger partial charge in [-0.15, -0.1) is 0 Å². The van der Waals surface area contributed by atoms with E-state index in [-0.39, 0.29) is 24.6 Å². The highest BCUT2D eigenvalue weighted by atomic mass is 16.5. The number of carbonyl (C=O) groups is 2. The molecule has 0 aromatic rings. The van der Waals surface area contributed by atoms with Crippen molar-refractivity contribution in [2.24, 2.45) is 0 Å². The van der Waals surface area contributed by atoms with Gasteiger partial charge in [0.15, 0.2) is 0 Å². The molecule has 0 radical (unpaired) electrons. The maximum atomic E-state index is 12.7. The Balaban J connectivity index is 4.21. The lowest BCUT2D eigenvalue weighted by Gasteiger charge is -2.25. The standard InChI is InChI=1S/C41H81NO6/c1-4-7-10-12-15-21-29-39(30-22-16-13-11-8-5-2)48-41(46)32-24-19-20-28-38(44)37-42(34-27-35-43)33-25-18-14-17-23-31-40(45)47-36-26-9-6-3/h38-39,43-44H,4-37H2,1-3H3. The fraction of sp³-hybridized carbons (Fsp3) is 0.951. The zero-order valence-electron chi connectivity index (χ0n) is 32.2. The van der Waals surface area contributed by atoms with Gasteiger partial charge in [0.25, 0.3) is 0 Å². The summed E-state index contributed by atoms with van der Waals surface area (Å²) in [6.45, 7) is 9.69. The molecular formula is C41H81NO6. The Hall–Kier alpha value is -1.18. The van der Waals surface area contributed by atoms with E-state index in [0.29, 0.717) is 32.4 Å². The van der Waals surface area contributed by atoms with Crippen molar-refractivity contribution in [1.29, 1.82) is 0 Å². The molecule has 0 bridgehead atoms. The average Bonchev–Trinajstić information content (AvgIpc) is 3.07. The molecule has 1 unspecified atom stereocenters. The highest BCUT2D eigenvalue weighted by Crippen LogP contribution is 2.18. The summed E-state index contributed by atoms with van der Waals surface area (Å²) < 4.78 is 11.3. The maximum Gasteiger partial charge on any atom is 0.306 e. The third-order valence-corrected chi connectivity index (χ3v) is 9.44. The second-order valence-corrected chi connectivity index (χ2v) is 14.3. The summed E-state index contributed by atoms with van der Waals surface area (Å²) >= 11 is 0. The second-order valence-electron chi connectivity index (χ2n) is 14.3. The van der Waals surface area contributed by atoms with E-state index in [0.717, 1.165) is 116 Å². The average molecular weight is 684 g/mol. The van der Waals surface area contributed by atoms with Gasteiger partial charge in [0, 0.05) is 32.5 Å². The molecule has 48 heavy (non-hydrogen) atoms. The minimum absolute atomic E-state index is 0.0463. The minimum atomic E-state index is -0.391. The van der Waals surface area contributed by atoms with Crippen LogP contribution in [-0.4, -0.2) is 72.1 Å². The molecule has 0 heterocycles. The summed E-state index contributed by atoms with van der Waals surface area (Å²) in [5.74, 6) is -0.114. The number of ether oxygens (including phenoxy) is 2. The van der Waals surface area contributed by atoms with Gasteiger partial charge in [0.05, 0.1) is 12.7 Å². The van der Waals surface area contributed by atoms with Gasteiger partial charge < -0.3 is 24.6 Å². The van der Waals surface area contributed by atoms with Gasteiger partial charge in [-0.2, -0.15) is 0 Å². The normalized spacial score (nSPS) is 12.2. The number of carbonyl (C=O) groups excluding carboxylic acids is 2. The Bertz CT molecular complexity index is 674. The van der Waals surface area contributed by atoms with Gasteiger partial charge in [-0.3, -0.25) is 9.59 Å². The van der Waals surface area contributed by atoms with Crippen LogP contribution in [0.1, 0.15) is 207 Å². The zero-order valence-corrected chi connectivity index (χ0v) is 32.2. The Kier molecular flexibility index (Phi) is 36.2. The molecule has 7 heteroatoms. The van der Waals surface area contributed by atoms with E-state index in [9.17, 15) is 19.8 Å². The molecule has 7 nitrogen and oxygen atoms in total. The van der Waals surface area contributed by atoms with Crippen molar-refractivity contribution in [2.45, 2.75) is 219 Å². The highest BCUT2D eigenvalue weighted by molar-refractivity contribution is 5.69. The first-order chi connectivity index (χ1) is 23.5. The molecule has 286 valence electrons. The zero-order chi connectivity index (χ0) is 35.3. The molecule has 0 rings (SSSR count). The molecule has 0 aliphatic heterocycles. The molecule has 2 N–H and O–H groups in total. The van der Waals surface area contributed by atoms with Crippen LogP contribution in [0.15, 0.2) is 0 Å². The number of esters is 2. The van der Waals surface area contributed by atoms with E-state index < -0.39 is 6.10 Å². The molecule has 1 atom stereocenters. The predicted octanol–water partition coefficient (Wildman–Crippen LogP) is 10.5. The van der Waals surface area contributed by atoms with Crippen LogP contribution < -0.4 is 0 Å². The fourth-order valence-electron chi connectivity index (χ4n) is 6.36. The first-order valence-electron chi connectivity index (χ1n) is 20.8. The molecule has 0 aromatic carbocycles. The quantitative estimate of drug-likeness (QED) is 0.0494. The first kappa shape index (κ1) is 46.8. The molecule has 0 amide bonds. The van der Waals surface area contributed by atoms with E-state index in [1.54, 1.807) is 0 Å². The van der Waals surface area contributed by atoms with Crippen LogP contribution in [0.4, 0.5) is 0 Å². The van der Waals surface area contributed by atoms with E-state index in [1.807, 2.05) is 0 Å². The SMILES string of the molecule is CCCCCCCCC(CCCCCCCC)OC(=O)CCCCCC(O)CN(CCCO)CCCCCCCC(=O)OCCCCC. The Morgan fingerprint density at radius 3 is 1.60 bits per heavy atom. The number of aliphatic hydroxyl groups excluding tert-OH is 2.